The Morgan fingerprint density at radius 1 is 1.21 bits per heavy atom. The van der Waals surface area contributed by atoms with Crippen molar-refractivity contribution >= 4 is 21.6 Å². The topological polar surface area (TPSA) is 95.9 Å². The Morgan fingerprint density at radius 2 is 1.89 bits per heavy atom. The van der Waals surface area contributed by atoms with Gasteiger partial charge < -0.3 is 14.7 Å². The highest BCUT2D eigenvalue weighted by Gasteiger charge is 2.34. The van der Waals surface area contributed by atoms with Crippen molar-refractivity contribution in [1.29, 1.82) is 0 Å². The van der Waals surface area contributed by atoms with E-state index >= 15 is 0 Å². The molecule has 1 aliphatic rings. The van der Waals surface area contributed by atoms with Crippen LogP contribution in [-0.2, 0) is 10.0 Å². The van der Waals surface area contributed by atoms with E-state index in [4.69, 9.17) is 4.74 Å². The fraction of sp³-hybridized carbons (Fsp3) is 0.350. The van der Waals surface area contributed by atoms with Crippen LogP contribution in [0, 0.1) is 0 Å². The Bertz CT molecular complexity index is 973. The molecule has 0 spiro atoms. The van der Waals surface area contributed by atoms with E-state index in [-0.39, 0.29) is 34.9 Å². The number of amides is 1. The lowest BCUT2D eigenvalue weighted by Gasteiger charge is -2.22. The SMILES string of the molecule is COc1ccc([C@H]2C[C@H](C)N(C(=O)c3cc(NS(C)(=O)=O)ccc3O)C2)cc1. The van der Waals surface area contributed by atoms with Crippen LogP contribution in [0.1, 0.15) is 35.2 Å². The number of hydrogen-bond acceptors (Lipinski definition) is 5. The Morgan fingerprint density at radius 3 is 2.50 bits per heavy atom. The number of carbonyl (C=O) groups is 1. The summed E-state index contributed by atoms with van der Waals surface area (Å²) in [5, 5.41) is 10.2. The Kier molecular flexibility index (Phi) is 5.51. The molecule has 1 aliphatic heterocycles. The molecule has 1 amide bonds. The van der Waals surface area contributed by atoms with Gasteiger partial charge >= 0.3 is 0 Å². The number of nitrogens with zero attached hydrogens (tertiary/aromatic N) is 1. The van der Waals surface area contributed by atoms with Crippen molar-refractivity contribution in [3.05, 3.63) is 53.6 Å². The molecular formula is C20H24N2O5S. The third kappa shape index (κ3) is 4.39. The van der Waals surface area contributed by atoms with E-state index in [2.05, 4.69) is 4.72 Å². The first-order chi connectivity index (χ1) is 13.2. The van der Waals surface area contributed by atoms with Crippen LogP contribution < -0.4 is 9.46 Å². The summed E-state index contributed by atoms with van der Waals surface area (Å²) < 4.78 is 30.4. The van der Waals surface area contributed by atoms with Crippen LogP contribution in [0.5, 0.6) is 11.5 Å². The number of phenolic OH excluding ortho intramolecular Hbond substituents is 1. The van der Waals surface area contributed by atoms with E-state index < -0.39 is 10.0 Å². The summed E-state index contributed by atoms with van der Waals surface area (Å²) in [7, 11) is -1.86. The quantitative estimate of drug-likeness (QED) is 0.747. The zero-order chi connectivity index (χ0) is 20.5. The number of carbonyl (C=O) groups excluding carboxylic acids is 1. The second-order valence-electron chi connectivity index (χ2n) is 7.12. The third-order valence-corrected chi connectivity index (χ3v) is 5.56. The minimum Gasteiger partial charge on any atom is -0.507 e. The van der Waals surface area contributed by atoms with Gasteiger partial charge in [-0.3, -0.25) is 9.52 Å². The van der Waals surface area contributed by atoms with Crippen LogP contribution in [0.15, 0.2) is 42.5 Å². The highest BCUT2D eigenvalue weighted by Crippen LogP contribution is 2.34. The molecule has 7 nitrogen and oxygen atoms in total. The molecule has 0 bridgehead atoms. The molecule has 0 unspecified atom stereocenters. The zero-order valence-corrected chi connectivity index (χ0v) is 16.9. The summed E-state index contributed by atoms with van der Waals surface area (Å²) in [6, 6.07) is 11.9. The van der Waals surface area contributed by atoms with Crippen molar-refractivity contribution in [2.24, 2.45) is 0 Å². The summed E-state index contributed by atoms with van der Waals surface area (Å²) in [6.07, 6.45) is 1.84. The maximum Gasteiger partial charge on any atom is 0.257 e. The van der Waals surface area contributed by atoms with Gasteiger partial charge in [0.25, 0.3) is 5.91 Å². The molecule has 1 heterocycles. The summed E-state index contributed by atoms with van der Waals surface area (Å²) >= 11 is 0. The maximum absolute atomic E-state index is 13.0. The van der Waals surface area contributed by atoms with Crippen LogP contribution >= 0.6 is 0 Å². The van der Waals surface area contributed by atoms with E-state index in [1.165, 1.54) is 18.2 Å². The largest absolute Gasteiger partial charge is 0.507 e. The Hall–Kier alpha value is -2.74. The molecule has 8 heteroatoms. The lowest BCUT2D eigenvalue weighted by atomic mass is 9.97. The number of sulfonamides is 1. The van der Waals surface area contributed by atoms with Crippen molar-refractivity contribution in [1.82, 2.24) is 4.90 Å². The summed E-state index contributed by atoms with van der Waals surface area (Å²) in [6.45, 7) is 2.49. The van der Waals surface area contributed by atoms with Crippen molar-refractivity contribution in [3.63, 3.8) is 0 Å². The van der Waals surface area contributed by atoms with Crippen LogP contribution in [0.2, 0.25) is 0 Å². The van der Waals surface area contributed by atoms with Crippen molar-refractivity contribution in [3.8, 4) is 11.5 Å². The normalized spacial score (nSPS) is 19.5. The first kappa shape index (κ1) is 20.0. The molecule has 1 fully saturated rings. The van der Waals surface area contributed by atoms with Gasteiger partial charge in [0.15, 0.2) is 0 Å². The lowest BCUT2D eigenvalue weighted by molar-refractivity contribution is 0.0743. The number of nitrogens with one attached hydrogen (secondary N) is 1. The van der Waals surface area contributed by atoms with Gasteiger partial charge in [0.05, 0.1) is 18.9 Å². The van der Waals surface area contributed by atoms with Crippen molar-refractivity contribution < 1.29 is 23.1 Å². The van der Waals surface area contributed by atoms with E-state index in [0.29, 0.717) is 6.54 Å². The molecule has 2 aromatic rings. The maximum atomic E-state index is 13.0. The smallest absolute Gasteiger partial charge is 0.257 e. The number of anilines is 1. The van der Waals surface area contributed by atoms with Gasteiger partial charge in [-0.1, -0.05) is 12.1 Å². The Labute approximate surface area is 165 Å². The lowest BCUT2D eigenvalue weighted by Crippen LogP contribution is -2.34. The number of rotatable bonds is 5. The van der Waals surface area contributed by atoms with E-state index in [1.807, 2.05) is 31.2 Å². The van der Waals surface area contributed by atoms with Gasteiger partial charge in [-0.25, -0.2) is 8.42 Å². The monoisotopic (exact) mass is 404 g/mol. The van der Waals surface area contributed by atoms with Crippen LogP contribution in [0.3, 0.4) is 0 Å². The van der Waals surface area contributed by atoms with E-state index in [9.17, 15) is 18.3 Å². The fourth-order valence-electron chi connectivity index (χ4n) is 3.57. The number of likely N-dealkylation sites (tertiary alicyclic amines) is 1. The first-order valence-electron chi connectivity index (χ1n) is 8.93. The van der Waals surface area contributed by atoms with Gasteiger partial charge in [-0.05, 0) is 49.2 Å². The third-order valence-electron chi connectivity index (χ3n) is 4.95. The molecular weight excluding hydrogens is 380 g/mol. The molecule has 0 saturated carbocycles. The number of phenols is 1. The molecule has 0 aromatic heterocycles. The number of benzene rings is 2. The van der Waals surface area contributed by atoms with Gasteiger partial charge in [0.2, 0.25) is 10.0 Å². The van der Waals surface area contributed by atoms with E-state index in [1.54, 1.807) is 12.0 Å². The summed E-state index contributed by atoms with van der Waals surface area (Å²) in [5.74, 6) is 0.467. The molecule has 0 radical (unpaired) electrons. The molecule has 2 N–H and O–H groups in total. The highest BCUT2D eigenvalue weighted by atomic mass is 32.2. The van der Waals surface area contributed by atoms with Gasteiger partial charge in [0.1, 0.15) is 11.5 Å². The van der Waals surface area contributed by atoms with Crippen molar-refractivity contribution in [2.75, 3.05) is 24.6 Å². The van der Waals surface area contributed by atoms with Gasteiger partial charge in [0, 0.05) is 24.2 Å². The second kappa shape index (κ2) is 7.71. The molecule has 28 heavy (non-hydrogen) atoms. The van der Waals surface area contributed by atoms with Crippen molar-refractivity contribution in [2.45, 2.75) is 25.3 Å². The predicted molar refractivity (Wildman–Crippen MR) is 107 cm³/mol. The van der Waals surface area contributed by atoms with E-state index in [0.717, 1.165) is 24.0 Å². The second-order valence-corrected chi connectivity index (χ2v) is 8.87. The number of ether oxygens (including phenoxy) is 1. The summed E-state index contributed by atoms with van der Waals surface area (Å²) in [5.41, 5.74) is 1.44. The molecule has 1 saturated heterocycles. The molecule has 2 aromatic carbocycles. The molecule has 3 rings (SSSR count). The average Bonchev–Trinajstić information content (AvgIpc) is 3.03. The highest BCUT2D eigenvalue weighted by molar-refractivity contribution is 7.92. The molecule has 0 aliphatic carbocycles. The minimum absolute atomic E-state index is 0.00877. The average molecular weight is 404 g/mol. The molecule has 150 valence electrons. The minimum atomic E-state index is -3.48. The number of aromatic hydroxyl groups is 1. The predicted octanol–water partition coefficient (Wildman–Crippen LogP) is 2.79. The Balaban J connectivity index is 1.81. The zero-order valence-electron chi connectivity index (χ0n) is 16.0. The van der Waals surface area contributed by atoms with Crippen LogP contribution in [0.4, 0.5) is 5.69 Å². The van der Waals surface area contributed by atoms with Gasteiger partial charge in [-0.15, -0.1) is 0 Å². The molecule has 2 atom stereocenters. The summed E-state index contributed by atoms with van der Waals surface area (Å²) in [4.78, 5) is 14.8. The first-order valence-corrected chi connectivity index (χ1v) is 10.8. The standard InChI is InChI=1S/C20H24N2O5S/c1-13-10-15(14-4-7-17(27-2)8-5-14)12-22(13)20(24)18-11-16(6-9-19(18)23)21-28(3,25)26/h4-9,11,13,15,21,23H,10,12H2,1-3H3/t13-,15-/m0/s1. The van der Waals surface area contributed by atoms with Gasteiger partial charge in [-0.2, -0.15) is 0 Å². The van der Waals surface area contributed by atoms with Crippen LogP contribution in [-0.4, -0.2) is 50.3 Å². The number of methoxy groups -OCH3 is 1. The fourth-order valence-corrected chi connectivity index (χ4v) is 4.13. The van der Waals surface area contributed by atoms with Crippen LogP contribution in [0.25, 0.3) is 0 Å². The number of hydrogen-bond donors (Lipinski definition) is 2.